The first-order valence-electron chi connectivity index (χ1n) is 11.2. The van der Waals surface area contributed by atoms with Gasteiger partial charge < -0.3 is 5.32 Å². The van der Waals surface area contributed by atoms with Crippen LogP contribution in [0.15, 0.2) is 91.0 Å². The lowest BCUT2D eigenvalue weighted by atomic mass is 9.76. The predicted octanol–water partition coefficient (Wildman–Crippen LogP) is 6.69. The molecule has 0 radical (unpaired) electrons. The van der Waals surface area contributed by atoms with Crippen molar-refractivity contribution >= 4 is 45.5 Å². The SMILES string of the molecule is O=C1CC(C(CC(=O)c2ccc3ccccc3c2)c2ccc(Cl)cc2)C(=O)c2ccccc2N1. The fourth-order valence-corrected chi connectivity index (χ4v) is 4.83. The Morgan fingerprint density at radius 3 is 2.38 bits per heavy atom. The lowest BCUT2D eigenvalue weighted by Crippen LogP contribution is -2.26. The molecule has 0 saturated heterocycles. The van der Waals surface area contributed by atoms with Gasteiger partial charge in [-0.1, -0.05) is 72.3 Å². The van der Waals surface area contributed by atoms with Gasteiger partial charge in [-0.15, -0.1) is 0 Å². The largest absolute Gasteiger partial charge is 0.325 e. The third kappa shape index (κ3) is 4.37. The molecule has 0 fully saturated rings. The van der Waals surface area contributed by atoms with Gasteiger partial charge in [0.2, 0.25) is 5.91 Å². The zero-order valence-corrected chi connectivity index (χ0v) is 19.1. The highest BCUT2D eigenvalue weighted by atomic mass is 35.5. The number of nitrogens with one attached hydrogen (secondary N) is 1. The number of benzene rings is 4. The summed E-state index contributed by atoms with van der Waals surface area (Å²) in [5, 5.41) is 5.44. The molecule has 4 nitrogen and oxygen atoms in total. The van der Waals surface area contributed by atoms with Crippen molar-refractivity contribution in [3.63, 3.8) is 0 Å². The van der Waals surface area contributed by atoms with Gasteiger partial charge in [0.1, 0.15) is 0 Å². The van der Waals surface area contributed by atoms with E-state index in [1.807, 2.05) is 54.6 Å². The Hall–Kier alpha value is -3.76. The first kappa shape index (κ1) is 22.1. The van der Waals surface area contributed by atoms with Crippen molar-refractivity contribution in [1.82, 2.24) is 0 Å². The number of anilines is 1. The molecule has 1 heterocycles. The Balaban J connectivity index is 1.54. The molecule has 4 aromatic carbocycles. The zero-order chi connectivity index (χ0) is 23.7. The van der Waals surface area contributed by atoms with Gasteiger partial charge in [0, 0.05) is 40.8 Å². The van der Waals surface area contributed by atoms with Crippen molar-refractivity contribution < 1.29 is 14.4 Å². The minimum atomic E-state index is -0.672. The van der Waals surface area contributed by atoms with Crippen LogP contribution < -0.4 is 5.32 Å². The smallest absolute Gasteiger partial charge is 0.225 e. The summed E-state index contributed by atoms with van der Waals surface area (Å²) in [4.78, 5) is 39.8. The molecule has 0 aromatic heterocycles. The molecule has 2 unspecified atom stereocenters. The van der Waals surface area contributed by atoms with Gasteiger partial charge in [0.25, 0.3) is 0 Å². The van der Waals surface area contributed by atoms with Gasteiger partial charge in [-0.25, -0.2) is 0 Å². The number of carbonyl (C=O) groups excluding carboxylic acids is 3. The lowest BCUT2D eigenvalue weighted by Gasteiger charge is -2.25. The van der Waals surface area contributed by atoms with Crippen molar-refractivity contribution in [2.45, 2.75) is 18.8 Å². The molecule has 2 atom stereocenters. The fraction of sp³-hybridized carbons (Fsp3) is 0.138. The number of para-hydroxylation sites is 1. The van der Waals surface area contributed by atoms with Crippen LogP contribution in [0.5, 0.6) is 0 Å². The van der Waals surface area contributed by atoms with E-state index in [-0.39, 0.29) is 30.3 Å². The standard InChI is InChI=1S/C29H22ClNO3/c30-22-13-11-19(12-14-22)24(16-27(32)21-10-9-18-5-1-2-6-20(18)15-21)25-17-28(33)31-26-8-4-3-7-23(26)29(25)34/h1-15,24-25H,16-17H2,(H,31,33). The van der Waals surface area contributed by atoms with E-state index in [1.54, 1.807) is 36.4 Å². The van der Waals surface area contributed by atoms with Crippen molar-refractivity contribution in [3.8, 4) is 0 Å². The summed E-state index contributed by atoms with van der Waals surface area (Å²) in [7, 11) is 0. The monoisotopic (exact) mass is 467 g/mol. The molecule has 4 aromatic rings. The average molecular weight is 468 g/mol. The van der Waals surface area contributed by atoms with E-state index in [2.05, 4.69) is 5.32 Å². The Kier molecular flexibility index (Phi) is 5.99. The summed E-state index contributed by atoms with van der Waals surface area (Å²) in [6.07, 6.45) is 0.109. The third-order valence-corrected chi connectivity index (χ3v) is 6.72. The van der Waals surface area contributed by atoms with E-state index in [0.717, 1.165) is 16.3 Å². The Bertz CT molecular complexity index is 1410. The van der Waals surface area contributed by atoms with Crippen molar-refractivity contribution in [2.24, 2.45) is 5.92 Å². The fourth-order valence-electron chi connectivity index (χ4n) is 4.71. The van der Waals surface area contributed by atoms with Crippen LogP contribution in [0.1, 0.15) is 45.0 Å². The number of Topliss-reactive ketones (excluding diaryl/α,β-unsaturated/α-hetero) is 2. The van der Waals surface area contributed by atoms with Crippen LogP contribution in [-0.2, 0) is 4.79 Å². The molecule has 34 heavy (non-hydrogen) atoms. The molecule has 0 aliphatic carbocycles. The maximum absolute atomic E-state index is 13.6. The zero-order valence-electron chi connectivity index (χ0n) is 18.3. The minimum Gasteiger partial charge on any atom is -0.325 e. The molecule has 1 aliphatic rings. The number of halogens is 1. The lowest BCUT2D eigenvalue weighted by molar-refractivity contribution is -0.116. The normalized spacial score (nSPS) is 16.4. The van der Waals surface area contributed by atoms with Gasteiger partial charge in [-0.2, -0.15) is 0 Å². The predicted molar refractivity (Wildman–Crippen MR) is 135 cm³/mol. The molecular formula is C29H22ClNO3. The van der Waals surface area contributed by atoms with Crippen molar-refractivity contribution in [1.29, 1.82) is 0 Å². The van der Waals surface area contributed by atoms with Crippen LogP contribution >= 0.6 is 11.6 Å². The number of carbonyl (C=O) groups is 3. The highest BCUT2D eigenvalue weighted by Gasteiger charge is 2.37. The molecule has 1 N–H and O–H groups in total. The third-order valence-electron chi connectivity index (χ3n) is 6.47. The number of ketones is 2. The van der Waals surface area contributed by atoms with Crippen LogP contribution in [0.4, 0.5) is 5.69 Å². The Morgan fingerprint density at radius 2 is 1.59 bits per heavy atom. The Morgan fingerprint density at radius 1 is 0.882 bits per heavy atom. The molecule has 1 amide bonds. The van der Waals surface area contributed by atoms with Gasteiger partial charge >= 0.3 is 0 Å². The second-order valence-electron chi connectivity index (χ2n) is 8.62. The van der Waals surface area contributed by atoms with Crippen LogP contribution in [0.2, 0.25) is 5.02 Å². The van der Waals surface area contributed by atoms with Crippen LogP contribution in [0.25, 0.3) is 10.8 Å². The van der Waals surface area contributed by atoms with Crippen LogP contribution in [-0.4, -0.2) is 17.5 Å². The molecule has 5 heteroatoms. The van der Waals surface area contributed by atoms with E-state index < -0.39 is 11.8 Å². The quantitative estimate of drug-likeness (QED) is 0.332. The molecule has 5 rings (SSSR count). The molecular weight excluding hydrogens is 446 g/mol. The number of hydrogen-bond acceptors (Lipinski definition) is 3. The Labute approximate surface area is 202 Å². The number of fused-ring (bicyclic) bond motifs is 2. The van der Waals surface area contributed by atoms with Crippen molar-refractivity contribution in [2.75, 3.05) is 5.32 Å². The van der Waals surface area contributed by atoms with E-state index in [0.29, 0.717) is 21.8 Å². The second-order valence-corrected chi connectivity index (χ2v) is 9.05. The van der Waals surface area contributed by atoms with Gasteiger partial charge in [0.15, 0.2) is 11.6 Å². The summed E-state index contributed by atoms with van der Waals surface area (Å²) in [5.74, 6) is -1.59. The second kappa shape index (κ2) is 9.24. The van der Waals surface area contributed by atoms with Crippen LogP contribution in [0, 0.1) is 5.92 Å². The molecule has 0 spiro atoms. The van der Waals surface area contributed by atoms with Gasteiger partial charge in [0.05, 0.1) is 5.69 Å². The van der Waals surface area contributed by atoms with E-state index >= 15 is 0 Å². The number of amides is 1. The van der Waals surface area contributed by atoms with Gasteiger partial charge in [-0.3, -0.25) is 14.4 Å². The maximum Gasteiger partial charge on any atom is 0.225 e. The molecule has 0 saturated carbocycles. The van der Waals surface area contributed by atoms with E-state index in [1.165, 1.54) is 0 Å². The van der Waals surface area contributed by atoms with E-state index in [9.17, 15) is 14.4 Å². The highest BCUT2D eigenvalue weighted by Crippen LogP contribution is 2.38. The summed E-state index contributed by atoms with van der Waals surface area (Å²) < 4.78 is 0. The summed E-state index contributed by atoms with van der Waals surface area (Å²) in [5.41, 5.74) is 2.37. The number of rotatable bonds is 5. The number of hydrogen-bond donors (Lipinski definition) is 1. The summed E-state index contributed by atoms with van der Waals surface area (Å²) in [6, 6.07) is 27.7. The van der Waals surface area contributed by atoms with Crippen molar-refractivity contribution in [3.05, 3.63) is 113 Å². The summed E-state index contributed by atoms with van der Waals surface area (Å²) in [6.45, 7) is 0. The first-order valence-corrected chi connectivity index (χ1v) is 11.6. The molecule has 0 bridgehead atoms. The minimum absolute atomic E-state index is 0.00576. The van der Waals surface area contributed by atoms with Gasteiger partial charge in [-0.05, 0) is 46.7 Å². The topological polar surface area (TPSA) is 63.2 Å². The first-order chi connectivity index (χ1) is 16.5. The highest BCUT2D eigenvalue weighted by molar-refractivity contribution is 6.30. The van der Waals surface area contributed by atoms with E-state index in [4.69, 9.17) is 11.6 Å². The molecule has 1 aliphatic heterocycles. The van der Waals surface area contributed by atoms with Crippen LogP contribution in [0.3, 0.4) is 0 Å². The molecule has 168 valence electrons. The maximum atomic E-state index is 13.6. The average Bonchev–Trinajstić information content (AvgIpc) is 2.98. The summed E-state index contributed by atoms with van der Waals surface area (Å²) >= 11 is 6.11.